The first kappa shape index (κ1) is 13.1. The molecule has 0 aromatic heterocycles. The Morgan fingerprint density at radius 2 is 2.17 bits per heavy atom. The number of rotatable bonds is 4. The normalized spacial score (nSPS) is 16.4. The van der Waals surface area contributed by atoms with Crippen LogP contribution in [0.2, 0.25) is 0 Å². The van der Waals surface area contributed by atoms with E-state index in [9.17, 15) is 4.79 Å². The number of hydrogen-bond acceptors (Lipinski definition) is 3. The maximum absolute atomic E-state index is 11.8. The molecule has 0 aliphatic carbocycles. The van der Waals surface area contributed by atoms with E-state index in [1.807, 2.05) is 30.9 Å². The van der Waals surface area contributed by atoms with E-state index in [0.29, 0.717) is 12.5 Å². The van der Waals surface area contributed by atoms with E-state index in [1.54, 1.807) is 0 Å². The van der Waals surface area contributed by atoms with Crippen molar-refractivity contribution >= 4 is 11.6 Å². The van der Waals surface area contributed by atoms with Crippen molar-refractivity contribution in [2.75, 3.05) is 31.6 Å². The third-order valence-corrected chi connectivity index (χ3v) is 3.31. The molecule has 98 valence electrons. The summed E-state index contributed by atoms with van der Waals surface area (Å²) in [5.74, 6) is 0.359. The number of anilines is 1. The predicted molar refractivity (Wildman–Crippen MR) is 71.6 cm³/mol. The molecule has 1 saturated heterocycles. The van der Waals surface area contributed by atoms with Gasteiger partial charge in [-0.15, -0.1) is 0 Å². The molecule has 0 unspecified atom stereocenters. The standard InChI is InChI=1S/C14H20N2O2/c1-10-3-4-13(11(2)5-10)15-14(18)8-16-6-12(7-16)9-17/h3-5,12,17H,6-9H2,1-2H3,(H,15,18). The zero-order chi connectivity index (χ0) is 13.1. The Bertz CT molecular complexity index is 439. The summed E-state index contributed by atoms with van der Waals surface area (Å²) in [6.45, 7) is 6.29. The van der Waals surface area contributed by atoms with Crippen LogP contribution in [0.3, 0.4) is 0 Å². The summed E-state index contributed by atoms with van der Waals surface area (Å²) in [6, 6.07) is 5.99. The smallest absolute Gasteiger partial charge is 0.238 e. The number of aliphatic hydroxyl groups excluding tert-OH is 1. The average molecular weight is 248 g/mol. The molecule has 1 aromatic carbocycles. The fourth-order valence-electron chi connectivity index (χ4n) is 2.27. The molecule has 0 bridgehead atoms. The second kappa shape index (κ2) is 5.50. The molecule has 1 aliphatic heterocycles. The maximum atomic E-state index is 11.8. The van der Waals surface area contributed by atoms with Gasteiger partial charge >= 0.3 is 0 Å². The van der Waals surface area contributed by atoms with Gasteiger partial charge in [-0.3, -0.25) is 9.69 Å². The van der Waals surface area contributed by atoms with Gasteiger partial charge in [0.05, 0.1) is 6.54 Å². The maximum Gasteiger partial charge on any atom is 0.238 e. The minimum Gasteiger partial charge on any atom is -0.396 e. The lowest BCUT2D eigenvalue weighted by atomic mass is 10.0. The number of aryl methyl sites for hydroxylation is 2. The highest BCUT2D eigenvalue weighted by Gasteiger charge is 2.27. The number of benzene rings is 1. The Hall–Kier alpha value is -1.39. The third kappa shape index (κ3) is 3.09. The van der Waals surface area contributed by atoms with Crippen LogP contribution >= 0.6 is 0 Å². The van der Waals surface area contributed by atoms with E-state index >= 15 is 0 Å². The number of likely N-dealkylation sites (tertiary alicyclic amines) is 1. The molecule has 18 heavy (non-hydrogen) atoms. The highest BCUT2D eigenvalue weighted by atomic mass is 16.3. The van der Waals surface area contributed by atoms with Gasteiger partial charge < -0.3 is 10.4 Å². The van der Waals surface area contributed by atoms with Crippen molar-refractivity contribution in [2.45, 2.75) is 13.8 Å². The first-order valence-corrected chi connectivity index (χ1v) is 6.29. The average Bonchev–Trinajstić information content (AvgIpc) is 2.27. The van der Waals surface area contributed by atoms with Crippen LogP contribution in [-0.4, -0.2) is 42.2 Å². The van der Waals surface area contributed by atoms with Gasteiger partial charge in [0.25, 0.3) is 0 Å². The Morgan fingerprint density at radius 3 is 2.78 bits per heavy atom. The van der Waals surface area contributed by atoms with Gasteiger partial charge in [-0.25, -0.2) is 0 Å². The molecule has 1 aliphatic rings. The molecular formula is C14H20N2O2. The highest BCUT2D eigenvalue weighted by molar-refractivity contribution is 5.93. The van der Waals surface area contributed by atoms with Gasteiger partial charge in [0, 0.05) is 31.3 Å². The Labute approximate surface area is 108 Å². The summed E-state index contributed by atoms with van der Waals surface area (Å²) >= 11 is 0. The minimum atomic E-state index is 0.0124. The third-order valence-electron chi connectivity index (χ3n) is 3.31. The molecule has 2 N–H and O–H groups in total. The number of carbonyl (C=O) groups excluding carboxylic acids is 1. The van der Waals surface area contributed by atoms with Crippen LogP contribution in [0.15, 0.2) is 18.2 Å². The molecule has 1 fully saturated rings. The van der Waals surface area contributed by atoms with Crippen LogP contribution < -0.4 is 5.32 Å². The molecule has 2 rings (SSSR count). The molecule has 0 atom stereocenters. The fraction of sp³-hybridized carbons (Fsp3) is 0.500. The Balaban J connectivity index is 1.84. The fourth-order valence-corrected chi connectivity index (χ4v) is 2.27. The van der Waals surface area contributed by atoms with Crippen molar-refractivity contribution in [1.82, 2.24) is 4.90 Å². The van der Waals surface area contributed by atoms with Crippen LogP contribution in [0, 0.1) is 19.8 Å². The summed E-state index contributed by atoms with van der Waals surface area (Å²) in [4.78, 5) is 13.9. The van der Waals surface area contributed by atoms with Crippen molar-refractivity contribution in [3.63, 3.8) is 0 Å². The zero-order valence-electron chi connectivity index (χ0n) is 10.9. The van der Waals surface area contributed by atoms with E-state index in [4.69, 9.17) is 5.11 Å². The Kier molecular flexibility index (Phi) is 3.99. The van der Waals surface area contributed by atoms with E-state index in [0.717, 1.165) is 24.3 Å². The van der Waals surface area contributed by atoms with Crippen molar-refractivity contribution in [1.29, 1.82) is 0 Å². The van der Waals surface area contributed by atoms with Gasteiger partial charge in [-0.2, -0.15) is 0 Å². The van der Waals surface area contributed by atoms with E-state index in [-0.39, 0.29) is 12.5 Å². The lowest BCUT2D eigenvalue weighted by molar-refractivity contribution is -0.119. The van der Waals surface area contributed by atoms with E-state index in [1.165, 1.54) is 5.56 Å². The molecule has 1 amide bonds. The number of aliphatic hydroxyl groups is 1. The summed E-state index contributed by atoms with van der Waals surface area (Å²) in [5.41, 5.74) is 3.16. The predicted octanol–water partition coefficient (Wildman–Crippen LogP) is 1.17. The molecule has 4 nitrogen and oxygen atoms in total. The van der Waals surface area contributed by atoms with Gasteiger partial charge in [-0.05, 0) is 25.5 Å². The second-order valence-electron chi connectivity index (χ2n) is 5.11. The lowest BCUT2D eigenvalue weighted by Crippen LogP contribution is -2.51. The van der Waals surface area contributed by atoms with E-state index in [2.05, 4.69) is 11.4 Å². The topological polar surface area (TPSA) is 52.6 Å². The summed E-state index contributed by atoms with van der Waals surface area (Å²) in [7, 11) is 0. The summed E-state index contributed by atoms with van der Waals surface area (Å²) < 4.78 is 0. The molecule has 4 heteroatoms. The Morgan fingerprint density at radius 1 is 1.44 bits per heavy atom. The van der Waals surface area contributed by atoms with Crippen LogP contribution in [0.4, 0.5) is 5.69 Å². The SMILES string of the molecule is Cc1ccc(NC(=O)CN2CC(CO)C2)c(C)c1. The van der Waals surface area contributed by atoms with Crippen molar-refractivity contribution in [2.24, 2.45) is 5.92 Å². The lowest BCUT2D eigenvalue weighted by Gasteiger charge is -2.37. The minimum absolute atomic E-state index is 0.0124. The van der Waals surface area contributed by atoms with Crippen LogP contribution in [0.5, 0.6) is 0 Å². The number of amides is 1. The van der Waals surface area contributed by atoms with Crippen LogP contribution in [0.1, 0.15) is 11.1 Å². The molecule has 0 saturated carbocycles. The molecule has 1 heterocycles. The van der Waals surface area contributed by atoms with Crippen molar-refractivity contribution < 1.29 is 9.90 Å². The summed E-state index contributed by atoms with van der Waals surface area (Å²) in [5, 5.41) is 11.8. The first-order valence-electron chi connectivity index (χ1n) is 6.29. The number of nitrogens with one attached hydrogen (secondary N) is 1. The zero-order valence-corrected chi connectivity index (χ0v) is 10.9. The number of nitrogens with zero attached hydrogens (tertiary/aromatic N) is 1. The first-order chi connectivity index (χ1) is 8.58. The van der Waals surface area contributed by atoms with Crippen molar-refractivity contribution in [3.05, 3.63) is 29.3 Å². The molecule has 0 spiro atoms. The molecule has 1 aromatic rings. The van der Waals surface area contributed by atoms with Gasteiger partial charge in [0.2, 0.25) is 5.91 Å². The summed E-state index contributed by atoms with van der Waals surface area (Å²) in [6.07, 6.45) is 0. The van der Waals surface area contributed by atoms with Gasteiger partial charge in [-0.1, -0.05) is 17.7 Å². The largest absolute Gasteiger partial charge is 0.396 e. The second-order valence-corrected chi connectivity index (χ2v) is 5.11. The number of carbonyl (C=O) groups is 1. The van der Waals surface area contributed by atoms with E-state index < -0.39 is 0 Å². The molecular weight excluding hydrogens is 228 g/mol. The van der Waals surface area contributed by atoms with Crippen molar-refractivity contribution in [3.8, 4) is 0 Å². The van der Waals surface area contributed by atoms with Crippen LogP contribution in [-0.2, 0) is 4.79 Å². The monoisotopic (exact) mass is 248 g/mol. The highest BCUT2D eigenvalue weighted by Crippen LogP contribution is 2.17. The quantitative estimate of drug-likeness (QED) is 0.841. The number of hydrogen-bond donors (Lipinski definition) is 2. The molecule has 0 radical (unpaired) electrons. The van der Waals surface area contributed by atoms with Gasteiger partial charge in [0.15, 0.2) is 0 Å². The van der Waals surface area contributed by atoms with Crippen LogP contribution in [0.25, 0.3) is 0 Å². The van der Waals surface area contributed by atoms with Gasteiger partial charge in [0.1, 0.15) is 0 Å².